The van der Waals surface area contributed by atoms with E-state index in [4.69, 9.17) is 4.74 Å². The van der Waals surface area contributed by atoms with Crippen molar-refractivity contribution in [3.8, 4) is 17.1 Å². The summed E-state index contributed by atoms with van der Waals surface area (Å²) in [6.07, 6.45) is 3.49. The lowest BCUT2D eigenvalue weighted by atomic mass is 10.2. The molecule has 164 valence electrons. The smallest absolute Gasteiger partial charge is 0.204 e. The minimum absolute atomic E-state index is 0.702. The highest BCUT2D eigenvalue weighted by Crippen LogP contribution is 2.12. The van der Waals surface area contributed by atoms with Crippen molar-refractivity contribution in [2.24, 2.45) is 0 Å². The summed E-state index contributed by atoms with van der Waals surface area (Å²) in [4.78, 5) is 6.80. The molecule has 1 aliphatic rings. The topological polar surface area (TPSA) is 59.3 Å². The zero-order valence-electron chi connectivity index (χ0n) is 18.1. The van der Waals surface area contributed by atoms with E-state index in [1.807, 2.05) is 60.7 Å². The second-order valence-electron chi connectivity index (χ2n) is 7.98. The molecular formula is C24H32N6O. The Kier molecular flexibility index (Phi) is 8.01. The molecule has 7 heteroatoms. The van der Waals surface area contributed by atoms with Gasteiger partial charge in [-0.2, -0.15) is 4.80 Å². The SMILES string of the molecule is c1ccc(OCCN2CCN(CCCCCn3nnc(-c4ccccc4)n3)CC2)cc1. The van der Waals surface area contributed by atoms with Crippen LogP contribution >= 0.6 is 0 Å². The highest BCUT2D eigenvalue weighted by Gasteiger charge is 2.16. The number of rotatable bonds is 11. The van der Waals surface area contributed by atoms with Crippen molar-refractivity contribution in [2.45, 2.75) is 25.8 Å². The maximum Gasteiger partial charge on any atom is 0.204 e. The number of hydrogen-bond acceptors (Lipinski definition) is 6. The van der Waals surface area contributed by atoms with Gasteiger partial charge in [0.1, 0.15) is 12.4 Å². The minimum Gasteiger partial charge on any atom is -0.492 e. The number of nitrogens with zero attached hydrogens (tertiary/aromatic N) is 6. The average Bonchev–Trinajstić information content (AvgIpc) is 3.30. The lowest BCUT2D eigenvalue weighted by molar-refractivity contribution is 0.115. The van der Waals surface area contributed by atoms with Gasteiger partial charge in [0.05, 0.1) is 6.54 Å². The van der Waals surface area contributed by atoms with E-state index in [2.05, 4.69) is 25.2 Å². The standard InChI is InChI=1S/C24H32N6O/c1-4-10-22(11-5-1)24-25-27-30(26-24)15-9-3-8-14-28-16-18-29(19-17-28)20-21-31-23-12-6-2-7-13-23/h1-2,4-7,10-13H,3,8-9,14-21H2. The third-order valence-corrected chi connectivity index (χ3v) is 5.70. The Morgan fingerprint density at radius 3 is 2.10 bits per heavy atom. The molecule has 1 fully saturated rings. The number of aromatic nitrogens is 4. The van der Waals surface area contributed by atoms with E-state index in [9.17, 15) is 0 Å². The van der Waals surface area contributed by atoms with Crippen LogP contribution in [0.2, 0.25) is 0 Å². The first kappa shape index (κ1) is 21.5. The van der Waals surface area contributed by atoms with Crippen molar-refractivity contribution in [3.63, 3.8) is 0 Å². The zero-order chi connectivity index (χ0) is 21.1. The molecule has 2 heterocycles. The highest BCUT2D eigenvalue weighted by atomic mass is 16.5. The van der Waals surface area contributed by atoms with Crippen molar-refractivity contribution < 1.29 is 4.74 Å². The predicted octanol–water partition coefficient (Wildman–Crippen LogP) is 3.21. The van der Waals surface area contributed by atoms with Gasteiger partial charge >= 0.3 is 0 Å². The largest absolute Gasteiger partial charge is 0.492 e. The summed E-state index contributed by atoms with van der Waals surface area (Å²) in [7, 11) is 0. The predicted molar refractivity (Wildman–Crippen MR) is 122 cm³/mol. The Hall–Kier alpha value is -2.77. The van der Waals surface area contributed by atoms with Gasteiger partial charge in [-0.1, -0.05) is 55.0 Å². The molecule has 0 bridgehead atoms. The van der Waals surface area contributed by atoms with Crippen molar-refractivity contribution in [1.82, 2.24) is 30.0 Å². The van der Waals surface area contributed by atoms with E-state index in [0.717, 1.165) is 63.6 Å². The summed E-state index contributed by atoms with van der Waals surface area (Å²) in [6, 6.07) is 20.1. The molecule has 0 aliphatic carbocycles. The van der Waals surface area contributed by atoms with Crippen molar-refractivity contribution in [2.75, 3.05) is 45.9 Å². The van der Waals surface area contributed by atoms with Crippen LogP contribution in [0, 0.1) is 0 Å². The molecule has 0 saturated carbocycles. The van der Waals surface area contributed by atoms with Gasteiger partial charge in [0.2, 0.25) is 5.82 Å². The van der Waals surface area contributed by atoms with Gasteiger partial charge in [-0.25, -0.2) is 0 Å². The van der Waals surface area contributed by atoms with Crippen LogP contribution < -0.4 is 4.74 Å². The normalized spacial score (nSPS) is 15.2. The molecule has 1 aliphatic heterocycles. The van der Waals surface area contributed by atoms with Gasteiger partial charge in [0, 0.05) is 38.3 Å². The molecule has 1 saturated heterocycles. The molecule has 0 atom stereocenters. The van der Waals surface area contributed by atoms with E-state index in [-0.39, 0.29) is 0 Å². The van der Waals surface area contributed by atoms with Gasteiger partial charge < -0.3 is 9.64 Å². The van der Waals surface area contributed by atoms with Crippen LogP contribution in [-0.2, 0) is 6.54 Å². The minimum atomic E-state index is 0.702. The number of benzene rings is 2. The quantitative estimate of drug-likeness (QED) is 0.444. The molecule has 0 unspecified atom stereocenters. The lowest BCUT2D eigenvalue weighted by Gasteiger charge is -2.34. The first-order valence-electron chi connectivity index (χ1n) is 11.3. The summed E-state index contributed by atoms with van der Waals surface area (Å²) in [5.41, 5.74) is 1.01. The molecule has 0 amide bonds. The third-order valence-electron chi connectivity index (χ3n) is 5.70. The molecule has 2 aromatic carbocycles. The van der Waals surface area contributed by atoms with Gasteiger partial charge in [0.15, 0.2) is 0 Å². The van der Waals surface area contributed by atoms with Crippen LogP contribution in [0.15, 0.2) is 60.7 Å². The molecule has 7 nitrogen and oxygen atoms in total. The van der Waals surface area contributed by atoms with Crippen LogP contribution in [0.5, 0.6) is 5.75 Å². The maximum atomic E-state index is 5.82. The van der Waals surface area contributed by atoms with Crippen molar-refractivity contribution >= 4 is 0 Å². The lowest BCUT2D eigenvalue weighted by Crippen LogP contribution is -2.47. The number of ether oxygens (including phenoxy) is 1. The third kappa shape index (κ3) is 6.87. The second kappa shape index (κ2) is 11.6. The van der Waals surface area contributed by atoms with Crippen molar-refractivity contribution in [1.29, 1.82) is 0 Å². The molecule has 0 spiro atoms. The van der Waals surface area contributed by atoms with Crippen LogP contribution in [0.4, 0.5) is 0 Å². The van der Waals surface area contributed by atoms with E-state index in [0.29, 0.717) is 5.82 Å². The number of aryl methyl sites for hydroxylation is 1. The Bertz CT molecular complexity index is 877. The van der Waals surface area contributed by atoms with Crippen LogP contribution in [-0.4, -0.2) is 75.9 Å². The first-order chi connectivity index (χ1) is 15.4. The fourth-order valence-corrected chi connectivity index (χ4v) is 3.85. The van der Waals surface area contributed by atoms with Gasteiger partial charge in [0.25, 0.3) is 0 Å². The molecule has 0 N–H and O–H groups in total. The number of piperazine rings is 1. The highest BCUT2D eigenvalue weighted by molar-refractivity contribution is 5.52. The fourth-order valence-electron chi connectivity index (χ4n) is 3.85. The van der Waals surface area contributed by atoms with Gasteiger partial charge in [-0.05, 0) is 36.7 Å². The number of tetrazole rings is 1. The monoisotopic (exact) mass is 420 g/mol. The number of hydrogen-bond donors (Lipinski definition) is 0. The molecule has 4 rings (SSSR count). The summed E-state index contributed by atoms with van der Waals surface area (Å²) >= 11 is 0. The maximum absolute atomic E-state index is 5.82. The average molecular weight is 421 g/mol. The van der Waals surface area contributed by atoms with Crippen LogP contribution in [0.25, 0.3) is 11.4 Å². The number of unbranched alkanes of at least 4 members (excludes halogenated alkanes) is 2. The van der Waals surface area contributed by atoms with E-state index < -0.39 is 0 Å². The summed E-state index contributed by atoms with van der Waals surface area (Å²) in [6.45, 7) is 8.31. The van der Waals surface area contributed by atoms with E-state index in [1.165, 1.54) is 19.4 Å². The second-order valence-corrected chi connectivity index (χ2v) is 7.98. The molecular weight excluding hydrogens is 388 g/mol. The van der Waals surface area contributed by atoms with Gasteiger partial charge in [-0.3, -0.25) is 4.90 Å². The summed E-state index contributed by atoms with van der Waals surface area (Å²) in [5.74, 6) is 1.66. The zero-order valence-corrected chi connectivity index (χ0v) is 18.1. The Morgan fingerprint density at radius 2 is 1.35 bits per heavy atom. The summed E-state index contributed by atoms with van der Waals surface area (Å²) in [5, 5.41) is 12.8. The first-order valence-corrected chi connectivity index (χ1v) is 11.3. The Morgan fingerprint density at radius 1 is 0.710 bits per heavy atom. The number of para-hydroxylation sites is 1. The van der Waals surface area contributed by atoms with Crippen molar-refractivity contribution in [3.05, 3.63) is 60.7 Å². The van der Waals surface area contributed by atoms with E-state index in [1.54, 1.807) is 4.80 Å². The van der Waals surface area contributed by atoms with Crippen LogP contribution in [0.3, 0.4) is 0 Å². The molecule has 0 radical (unpaired) electrons. The van der Waals surface area contributed by atoms with E-state index >= 15 is 0 Å². The molecule has 1 aromatic heterocycles. The molecule has 31 heavy (non-hydrogen) atoms. The molecule has 3 aromatic rings. The Balaban J connectivity index is 1.05. The Labute approximate surface area is 184 Å². The van der Waals surface area contributed by atoms with Gasteiger partial charge in [-0.15, -0.1) is 10.2 Å². The summed E-state index contributed by atoms with van der Waals surface area (Å²) < 4.78 is 5.82. The fraction of sp³-hybridized carbons (Fsp3) is 0.458. The van der Waals surface area contributed by atoms with Crippen LogP contribution in [0.1, 0.15) is 19.3 Å².